The zero-order valence-electron chi connectivity index (χ0n) is 11.9. The Morgan fingerprint density at radius 2 is 2.14 bits per heavy atom. The van der Waals surface area contributed by atoms with E-state index in [-0.39, 0.29) is 25.4 Å². The predicted molar refractivity (Wildman–Crippen MR) is 71.2 cm³/mol. The van der Waals surface area contributed by atoms with Gasteiger partial charge >= 0.3 is 11.9 Å². The van der Waals surface area contributed by atoms with E-state index >= 15 is 0 Å². The topological polar surface area (TPSA) is 150 Å². The molecule has 0 unspecified atom stereocenters. The zero-order chi connectivity index (χ0) is 16.4. The third kappa shape index (κ3) is 7.59. The van der Waals surface area contributed by atoms with Crippen LogP contribution in [-0.4, -0.2) is 76.5 Å². The summed E-state index contributed by atoms with van der Waals surface area (Å²) in [6.45, 7) is 2.60. The van der Waals surface area contributed by atoms with Gasteiger partial charge in [0.2, 0.25) is 0 Å². The second-order valence-electron chi connectivity index (χ2n) is 4.30. The molecule has 0 aromatic rings. The molecule has 0 spiro atoms. The molecule has 9 nitrogen and oxygen atoms in total. The molecule has 2 atom stereocenters. The minimum absolute atomic E-state index is 0.0519. The highest BCUT2D eigenvalue weighted by Crippen LogP contribution is 2.10. The summed E-state index contributed by atoms with van der Waals surface area (Å²) >= 11 is 0. The third-order valence-electron chi connectivity index (χ3n) is 2.62. The maximum absolute atomic E-state index is 11.1. The molecule has 9 heteroatoms. The average Bonchev–Trinajstić information content (AvgIpc) is 2.72. The van der Waals surface area contributed by atoms with Crippen LogP contribution in [0.25, 0.3) is 0 Å². The molecule has 0 aromatic heterocycles. The van der Waals surface area contributed by atoms with E-state index in [2.05, 4.69) is 4.74 Å². The van der Waals surface area contributed by atoms with Crippen LogP contribution in [0.1, 0.15) is 19.8 Å². The number of carbonyl (C=O) groups excluding carboxylic acids is 2. The number of hydrogen-bond donors (Lipinski definition) is 4. The number of carbonyl (C=O) groups is 3. The summed E-state index contributed by atoms with van der Waals surface area (Å²) in [6, 6.07) is 0. The van der Waals surface area contributed by atoms with Crippen LogP contribution in [0.4, 0.5) is 0 Å². The molecule has 5 N–H and O–H groups in total. The van der Waals surface area contributed by atoms with E-state index in [9.17, 15) is 14.4 Å². The van der Waals surface area contributed by atoms with Crippen LogP contribution in [0, 0.1) is 0 Å². The summed E-state index contributed by atoms with van der Waals surface area (Å²) < 4.78 is 4.67. The van der Waals surface area contributed by atoms with E-state index in [0.29, 0.717) is 19.6 Å². The molecule has 0 aromatic carbocycles. The fourth-order valence-corrected chi connectivity index (χ4v) is 1.52. The highest BCUT2D eigenvalue weighted by Gasteiger charge is 2.31. The highest BCUT2D eigenvalue weighted by atomic mass is 16.5. The molecule has 1 rings (SSSR count). The first-order valence-corrected chi connectivity index (χ1v) is 6.56. The lowest BCUT2D eigenvalue weighted by Crippen LogP contribution is -2.34. The quantitative estimate of drug-likeness (QED) is 0.408. The van der Waals surface area contributed by atoms with Crippen LogP contribution in [0.2, 0.25) is 0 Å². The summed E-state index contributed by atoms with van der Waals surface area (Å²) in [4.78, 5) is 33.2. The normalized spacial score (nSPS) is 18.8. The number of carboxylic acid groups (broad SMARTS) is 1. The van der Waals surface area contributed by atoms with Crippen LogP contribution in [0.3, 0.4) is 0 Å². The molecule has 1 aliphatic rings. The Morgan fingerprint density at radius 3 is 2.48 bits per heavy atom. The molecule has 21 heavy (non-hydrogen) atoms. The van der Waals surface area contributed by atoms with Gasteiger partial charge in [-0.3, -0.25) is 9.59 Å². The standard InChI is InChI=1S/C8H13NO4.C4H9NO3/c1-2-13-7(11)5-9-4-3-6(10)8(9)12;5-2-1-3(6)4(7)8/h6,10H,2-5H2,1H3;3,6H,1-2,5H2,(H,7,8)/t6-;3-/m00/s1. The molecule has 0 radical (unpaired) electrons. The largest absolute Gasteiger partial charge is 0.479 e. The van der Waals surface area contributed by atoms with E-state index in [1.54, 1.807) is 6.92 Å². The van der Waals surface area contributed by atoms with E-state index in [1.165, 1.54) is 4.90 Å². The number of likely N-dealkylation sites (tertiary alicyclic amines) is 1. The minimum atomic E-state index is -1.29. The maximum Gasteiger partial charge on any atom is 0.332 e. The molecular weight excluding hydrogens is 284 g/mol. The van der Waals surface area contributed by atoms with E-state index in [0.717, 1.165) is 0 Å². The van der Waals surface area contributed by atoms with Crippen LogP contribution in [-0.2, 0) is 19.1 Å². The fraction of sp³-hybridized carbons (Fsp3) is 0.750. The highest BCUT2D eigenvalue weighted by molar-refractivity contribution is 5.86. The Labute approximate surface area is 122 Å². The SMILES string of the molecule is CCOC(=O)CN1CC[C@H](O)C1=O.NCC[C@H](O)C(=O)O. The summed E-state index contributed by atoms with van der Waals surface area (Å²) in [5.41, 5.74) is 4.94. The summed E-state index contributed by atoms with van der Waals surface area (Å²) in [6.07, 6.45) is -1.71. The first-order valence-electron chi connectivity index (χ1n) is 6.56. The number of nitrogens with zero attached hydrogens (tertiary/aromatic N) is 1. The minimum Gasteiger partial charge on any atom is -0.479 e. The van der Waals surface area contributed by atoms with Gasteiger partial charge in [0.1, 0.15) is 12.6 Å². The van der Waals surface area contributed by atoms with Crippen molar-refractivity contribution < 1.29 is 34.4 Å². The van der Waals surface area contributed by atoms with Crippen molar-refractivity contribution in [2.45, 2.75) is 32.0 Å². The number of esters is 1. The monoisotopic (exact) mass is 306 g/mol. The predicted octanol–water partition coefficient (Wildman–Crippen LogP) is -2.08. The van der Waals surface area contributed by atoms with Gasteiger partial charge in [0.25, 0.3) is 5.91 Å². The summed E-state index contributed by atoms with van der Waals surface area (Å²) in [5.74, 6) is -2.02. The van der Waals surface area contributed by atoms with Crippen LogP contribution >= 0.6 is 0 Å². The van der Waals surface area contributed by atoms with Crippen molar-refractivity contribution >= 4 is 17.8 Å². The van der Waals surface area contributed by atoms with Crippen LogP contribution in [0.15, 0.2) is 0 Å². The van der Waals surface area contributed by atoms with Gasteiger partial charge in [-0.05, 0) is 26.3 Å². The number of rotatable bonds is 6. The molecule has 0 saturated carbocycles. The van der Waals surface area contributed by atoms with Crippen molar-refractivity contribution in [3.05, 3.63) is 0 Å². The molecule has 1 fully saturated rings. The van der Waals surface area contributed by atoms with Gasteiger partial charge in [-0.2, -0.15) is 0 Å². The Morgan fingerprint density at radius 1 is 1.52 bits per heavy atom. The lowest BCUT2D eigenvalue weighted by Gasteiger charge is -2.13. The second kappa shape index (κ2) is 10.1. The van der Waals surface area contributed by atoms with Crippen LogP contribution in [0.5, 0.6) is 0 Å². The number of amides is 1. The molecule has 1 aliphatic heterocycles. The molecule has 1 saturated heterocycles. The first kappa shape index (κ1) is 19.3. The van der Waals surface area contributed by atoms with E-state index < -0.39 is 24.1 Å². The fourth-order valence-electron chi connectivity index (χ4n) is 1.52. The van der Waals surface area contributed by atoms with Crippen molar-refractivity contribution in [3.8, 4) is 0 Å². The average molecular weight is 306 g/mol. The Bertz CT molecular complexity index is 362. The van der Waals surface area contributed by atoms with Gasteiger partial charge in [-0.25, -0.2) is 4.79 Å². The molecule has 122 valence electrons. The third-order valence-corrected chi connectivity index (χ3v) is 2.62. The first-order chi connectivity index (χ1) is 9.83. The summed E-state index contributed by atoms with van der Waals surface area (Å²) in [7, 11) is 0. The van der Waals surface area contributed by atoms with Crippen molar-refractivity contribution in [2.75, 3.05) is 26.2 Å². The zero-order valence-corrected chi connectivity index (χ0v) is 11.9. The number of carboxylic acids is 1. The number of hydrogen-bond acceptors (Lipinski definition) is 7. The van der Waals surface area contributed by atoms with E-state index in [4.69, 9.17) is 21.1 Å². The molecule has 0 bridgehead atoms. The number of ether oxygens (including phenoxy) is 1. The Hall–Kier alpha value is -1.71. The van der Waals surface area contributed by atoms with Gasteiger partial charge in [0.05, 0.1) is 6.61 Å². The van der Waals surface area contributed by atoms with Crippen molar-refractivity contribution in [2.24, 2.45) is 5.73 Å². The lowest BCUT2D eigenvalue weighted by molar-refractivity contribution is -0.149. The van der Waals surface area contributed by atoms with Gasteiger partial charge in [0, 0.05) is 6.54 Å². The van der Waals surface area contributed by atoms with Crippen molar-refractivity contribution in [3.63, 3.8) is 0 Å². The van der Waals surface area contributed by atoms with Crippen molar-refractivity contribution in [1.82, 2.24) is 4.90 Å². The molecular formula is C12H22N2O7. The number of aliphatic carboxylic acids is 1. The lowest BCUT2D eigenvalue weighted by atomic mass is 10.3. The van der Waals surface area contributed by atoms with Gasteiger partial charge in [0.15, 0.2) is 6.10 Å². The second-order valence-corrected chi connectivity index (χ2v) is 4.30. The molecule has 1 amide bonds. The smallest absolute Gasteiger partial charge is 0.332 e. The number of aliphatic hydroxyl groups is 2. The van der Waals surface area contributed by atoms with Gasteiger partial charge in [-0.15, -0.1) is 0 Å². The van der Waals surface area contributed by atoms with Gasteiger partial charge in [-0.1, -0.05) is 0 Å². The Balaban J connectivity index is 0.000000433. The van der Waals surface area contributed by atoms with Gasteiger partial charge < -0.3 is 30.7 Å². The van der Waals surface area contributed by atoms with Crippen molar-refractivity contribution in [1.29, 1.82) is 0 Å². The number of aliphatic hydroxyl groups excluding tert-OH is 2. The Kier molecular flexibility index (Phi) is 9.26. The molecule has 1 heterocycles. The number of nitrogens with two attached hydrogens (primary N) is 1. The maximum atomic E-state index is 11.1. The molecule has 0 aliphatic carbocycles. The van der Waals surface area contributed by atoms with E-state index in [1.807, 2.05) is 0 Å². The van der Waals surface area contributed by atoms with Crippen LogP contribution < -0.4 is 5.73 Å². The summed E-state index contributed by atoms with van der Waals surface area (Å²) in [5, 5.41) is 25.5.